The molecule has 1 spiro atoms. The van der Waals surface area contributed by atoms with E-state index in [1.54, 1.807) is 0 Å². The van der Waals surface area contributed by atoms with E-state index in [-0.39, 0.29) is 11.7 Å². The Morgan fingerprint density at radius 2 is 2.24 bits per heavy atom. The molecule has 2 nitrogen and oxygen atoms in total. The topological polar surface area (TPSA) is 29.6 Å². The van der Waals surface area contributed by atoms with Crippen molar-refractivity contribution in [1.82, 2.24) is 0 Å². The van der Waals surface area contributed by atoms with Crippen LogP contribution in [0.5, 0.6) is 0 Å². The lowest BCUT2D eigenvalue weighted by atomic mass is 9.85. The van der Waals surface area contributed by atoms with Gasteiger partial charge in [0.05, 0.1) is 6.61 Å². The normalized spacial score (nSPS) is 37.2. The SMILES string of the molecule is C=C1/C=C\[C@H](C(C)C)CC(=O)[C@]2(/C=C\C1)CO2. The summed E-state index contributed by atoms with van der Waals surface area (Å²) in [6.07, 6.45) is 9.43. The van der Waals surface area contributed by atoms with E-state index in [2.05, 4.69) is 26.5 Å². The van der Waals surface area contributed by atoms with E-state index in [9.17, 15) is 4.79 Å². The standard InChI is InChI=1S/C15H20O2/c1-11(2)13-7-6-12(3)5-4-8-15(10-17-15)14(16)9-13/h4,6-8,11,13H,3,5,9-10H2,1-2H3/b7-6-,8-4-/t13-,15-/m0/s1. The molecule has 1 heterocycles. The summed E-state index contributed by atoms with van der Waals surface area (Å²) in [4.78, 5) is 12.2. The lowest BCUT2D eigenvalue weighted by molar-refractivity contribution is -0.123. The fraction of sp³-hybridized carbons (Fsp3) is 0.533. The second-order valence-electron chi connectivity index (χ2n) is 5.34. The van der Waals surface area contributed by atoms with Gasteiger partial charge in [-0.15, -0.1) is 0 Å². The Morgan fingerprint density at radius 3 is 2.82 bits per heavy atom. The van der Waals surface area contributed by atoms with Crippen molar-refractivity contribution in [3.05, 3.63) is 36.5 Å². The summed E-state index contributed by atoms with van der Waals surface area (Å²) < 4.78 is 5.35. The second kappa shape index (κ2) is 4.61. The molecule has 1 aliphatic carbocycles. The van der Waals surface area contributed by atoms with Gasteiger partial charge in [-0.1, -0.05) is 44.2 Å². The van der Waals surface area contributed by atoms with Crippen LogP contribution in [-0.2, 0) is 9.53 Å². The molecule has 0 amide bonds. The third-order valence-corrected chi connectivity index (χ3v) is 3.55. The predicted octanol–water partition coefficient (Wildman–Crippen LogP) is 3.06. The van der Waals surface area contributed by atoms with Crippen LogP contribution in [0.25, 0.3) is 0 Å². The summed E-state index contributed by atoms with van der Waals surface area (Å²) in [5.41, 5.74) is 0.482. The first kappa shape index (κ1) is 12.3. The molecule has 1 saturated heterocycles. The summed E-state index contributed by atoms with van der Waals surface area (Å²) in [5.74, 6) is 0.957. The van der Waals surface area contributed by atoms with Crippen LogP contribution in [0.4, 0.5) is 0 Å². The van der Waals surface area contributed by atoms with Gasteiger partial charge in [0.25, 0.3) is 0 Å². The van der Waals surface area contributed by atoms with Gasteiger partial charge >= 0.3 is 0 Å². The Hall–Kier alpha value is -1.15. The maximum atomic E-state index is 12.2. The van der Waals surface area contributed by atoms with Crippen molar-refractivity contribution >= 4 is 5.78 Å². The lowest BCUT2D eigenvalue weighted by Crippen LogP contribution is -2.26. The molecule has 2 atom stereocenters. The smallest absolute Gasteiger partial charge is 0.171 e. The van der Waals surface area contributed by atoms with E-state index in [1.165, 1.54) is 0 Å². The first-order chi connectivity index (χ1) is 8.03. The summed E-state index contributed by atoms with van der Waals surface area (Å²) in [7, 11) is 0. The Bertz CT molecular complexity index is 384. The molecule has 0 aromatic rings. The van der Waals surface area contributed by atoms with Crippen molar-refractivity contribution in [2.24, 2.45) is 11.8 Å². The second-order valence-corrected chi connectivity index (χ2v) is 5.34. The van der Waals surface area contributed by atoms with E-state index >= 15 is 0 Å². The van der Waals surface area contributed by atoms with Crippen LogP contribution >= 0.6 is 0 Å². The molecule has 0 radical (unpaired) electrons. The molecular weight excluding hydrogens is 212 g/mol. The summed E-state index contributed by atoms with van der Waals surface area (Å²) >= 11 is 0. The van der Waals surface area contributed by atoms with Crippen molar-refractivity contribution in [2.75, 3.05) is 6.61 Å². The van der Waals surface area contributed by atoms with Crippen molar-refractivity contribution < 1.29 is 9.53 Å². The van der Waals surface area contributed by atoms with Gasteiger partial charge < -0.3 is 4.74 Å². The number of Topliss-reactive ketones (excluding diaryl/α,β-unsaturated/α-hetero) is 1. The van der Waals surface area contributed by atoms with Crippen LogP contribution in [0.2, 0.25) is 0 Å². The first-order valence-corrected chi connectivity index (χ1v) is 6.24. The van der Waals surface area contributed by atoms with Crippen LogP contribution < -0.4 is 0 Å². The number of allylic oxidation sites excluding steroid dienone is 4. The molecule has 2 heteroatoms. The Kier molecular flexibility index (Phi) is 3.34. The maximum Gasteiger partial charge on any atom is 0.171 e. The Balaban J connectivity index is 2.21. The van der Waals surface area contributed by atoms with E-state index < -0.39 is 5.60 Å². The largest absolute Gasteiger partial charge is 0.357 e. The number of ketones is 1. The number of ether oxygens (including phenoxy) is 1. The molecule has 1 aliphatic heterocycles. The van der Waals surface area contributed by atoms with Gasteiger partial charge in [0.2, 0.25) is 0 Å². The summed E-state index contributed by atoms with van der Waals surface area (Å²) in [6.45, 7) is 8.84. The predicted molar refractivity (Wildman–Crippen MR) is 68.7 cm³/mol. The Labute approximate surface area is 103 Å². The van der Waals surface area contributed by atoms with Gasteiger partial charge in [0, 0.05) is 6.42 Å². The number of hydrogen-bond acceptors (Lipinski definition) is 2. The number of hydrogen-bond donors (Lipinski definition) is 0. The minimum atomic E-state index is -0.599. The summed E-state index contributed by atoms with van der Waals surface area (Å²) in [5, 5.41) is 0. The summed E-state index contributed by atoms with van der Waals surface area (Å²) in [6, 6.07) is 0. The maximum absolute atomic E-state index is 12.2. The van der Waals surface area contributed by atoms with Gasteiger partial charge in [-0.3, -0.25) is 4.79 Å². The quantitative estimate of drug-likeness (QED) is 0.513. The molecule has 0 aromatic carbocycles. The third kappa shape index (κ3) is 2.75. The van der Waals surface area contributed by atoms with Crippen molar-refractivity contribution in [1.29, 1.82) is 0 Å². The highest BCUT2D eigenvalue weighted by atomic mass is 16.6. The van der Waals surface area contributed by atoms with Crippen molar-refractivity contribution in [3.63, 3.8) is 0 Å². The molecular formula is C15H20O2. The molecule has 0 aromatic heterocycles. The van der Waals surface area contributed by atoms with E-state index in [0.29, 0.717) is 18.9 Å². The van der Waals surface area contributed by atoms with E-state index in [1.807, 2.05) is 18.2 Å². The zero-order valence-electron chi connectivity index (χ0n) is 10.6. The molecule has 92 valence electrons. The lowest BCUT2D eigenvalue weighted by Gasteiger charge is -2.18. The number of epoxide rings is 1. The first-order valence-electron chi connectivity index (χ1n) is 6.24. The van der Waals surface area contributed by atoms with Crippen LogP contribution in [-0.4, -0.2) is 18.0 Å². The monoisotopic (exact) mass is 232 g/mol. The zero-order chi connectivity index (χ0) is 12.5. The van der Waals surface area contributed by atoms with E-state index in [4.69, 9.17) is 4.74 Å². The van der Waals surface area contributed by atoms with Gasteiger partial charge in [0.1, 0.15) is 0 Å². The molecule has 0 bridgehead atoms. The Morgan fingerprint density at radius 1 is 1.53 bits per heavy atom. The van der Waals surface area contributed by atoms with Gasteiger partial charge in [-0.2, -0.15) is 0 Å². The highest BCUT2D eigenvalue weighted by Gasteiger charge is 2.49. The molecule has 2 aliphatic rings. The van der Waals surface area contributed by atoms with Crippen LogP contribution in [0, 0.1) is 11.8 Å². The number of carbonyl (C=O) groups is 1. The molecule has 0 saturated carbocycles. The molecule has 0 unspecified atom stereocenters. The molecule has 0 N–H and O–H groups in total. The van der Waals surface area contributed by atoms with Gasteiger partial charge in [-0.05, 0) is 24.3 Å². The van der Waals surface area contributed by atoms with Crippen molar-refractivity contribution in [3.8, 4) is 0 Å². The third-order valence-electron chi connectivity index (χ3n) is 3.55. The minimum Gasteiger partial charge on any atom is -0.357 e. The van der Waals surface area contributed by atoms with Gasteiger partial charge in [0.15, 0.2) is 11.4 Å². The van der Waals surface area contributed by atoms with E-state index in [0.717, 1.165) is 12.0 Å². The molecule has 1 fully saturated rings. The average molecular weight is 232 g/mol. The van der Waals surface area contributed by atoms with Gasteiger partial charge in [-0.25, -0.2) is 0 Å². The molecule has 2 rings (SSSR count). The van der Waals surface area contributed by atoms with Crippen LogP contribution in [0.3, 0.4) is 0 Å². The average Bonchev–Trinajstić information content (AvgIpc) is 3.03. The highest BCUT2D eigenvalue weighted by molar-refractivity contribution is 5.92. The van der Waals surface area contributed by atoms with Crippen LogP contribution in [0.15, 0.2) is 36.5 Å². The van der Waals surface area contributed by atoms with Crippen molar-refractivity contribution in [2.45, 2.75) is 32.3 Å². The number of carbonyl (C=O) groups excluding carboxylic acids is 1. The number of rotatable bonds is 1. The molecule has 17 heavy (non-hydrogen) atoms. The fourth-order valence-electron chi connectivity index (χ4n) is 2.07. The highest BCUT2D eigenvalue weighted by Crippen LogP contribution is 2.34. The minimum absolute atomic E-state index is 0.213. The fourth-order valence-corrected chi connectivity index (χ4v) is 2.07. The zero-order valence-corrected chi connectivity index (χ0v) is 10.6. The van der Waals surface area contributed by atoms with Crippen LogP contribution in [0.1, 0.15) is 26.7 Å².